The Hall–Kier alpha value is -3.92. The van der Waals surface area contributed by atoms with Crippen molar-refractivity contribution in [1.82, 2.24) is 0 Å². The number of carboxylic acid groups (broad SMARTS) is 1. The van der Waals surface area contributed by atoms with Gasteiger partial charge in [0.25, 0.3) is 0 Å². The first-order valence-electron chi connectivity index (χ1n) is 9.89. The number of carboxylic acids is 1. The lowest BCUT2D eigenvalue weighted by atomic mass is 9.89. The Kier molecular flexibility index (Phi) is 7.29. The van der Waals surface area contributed by atoms with Crippen LogP contribution >= 0.6 is 0 Å². The molecule has 0 amide bonds. The van der Waals surface area contributed by atoms with Crippen LogP contribution in [0.25, 0.3) is 0 Å². The molecule has 6 N–H and O–H groups in total. The summed E-state index contributed by atoms with van der Waals surface area (Å²) in [5.74, 6) is -1.57. The molecule has 0 aliphatic rings. The maximum Gasteiger partial charge on any atom is 0.315 e. The molecule has 33 heavy (non-hydrogen) atoms. The van der Waals surface area contributed by atoms with Gasteiger partial charge in [-0.3, -0.25) is 4.79 Å². The number of methoxy groups -OCH3 is 1. The maximum absolute atomic E-state index is 12.2. The molecular formula is C23H25N3O6S. The van der Waals surface area contributed by atoms with Crippen LogP contribution in [0.3, 0.4) is 0 Å². The summed E-state index contributed by atoms with van der Waals surface area (Å²) in [6.07, 6.45) is 0. The number of hydrogen-bond donors (Lipinski definition) is 5. The molecule has 0 aromatic heterocycles. The number of benzene rings is 3. The third-order valence-corrected chi connectivity index (χ3v) is 5.91. The highest BCUT2D eigenvalue weighted by Gasteiger charge is 2.25. The van der Waals surface area contributed by atoms with Crippen molar-refractivity contribution in [3.8, 4) is 11.5 Å². The number of carbonyl (C=O) groups is 1. The normalized spacial score (nSPS) is 11.7. The minimum absolute atomic E-state index is 0.0230. The molecule has 0 bridgehead atoms. The zero-order valence-electron chi connectivity index (χ0n) is 18.1. The van der Waals surface area contributed by atoms with Crippen LogP contribution in [0.1, 0.15) is 22.6 Å². The molecule has 0 heterocycles. The quantitative estimate of drug-likeness (QED) is 0.180. The fourth-order valence-electron chi connectivity index (χ4n) is 3.41. The average molecular weight is 472 g/mol. The van der Waals surface area contributed by atoms with E-state index < -0.39 is 22.6 Å². The van der Waals surface area contributed by atoms with E-state index in [1.54, 1.807) is 42.5 Å². The molecule has 3 aromatic carbocycles. The highest BCUT2D eigenvalue weighted by Crippen LogP contribution is 2.36. The summed E-state index contributed by atoms with van der Waals surface area (Å²) in [5.41, 5.74) is 14.7. The fraction of sp³-hybridized carbons (Fsp3) is 0.174. The third-order valence-electron chi connectivity index (χ3n) is 5.14. The van der Waals surface area contributed by atoms with Gasteiger partial charge in [-0.05, 0) is 53.9 Å². The number of aliphatic carboxylic acids is 1. The summed E-state index contributed by atoms with van der Waals surface area (Å²) in [6, 6.07) is 14.6. The van der Waals surface area contributed by atoms with Crippen molar-refractivity contribution < 1.29 is 27.8 Å². The second-order valence-electron chi connectivity index (χ2n) is 7.26. The zero-order chi connectivity index (χ0) is 24.1. The van der Waals surface area contributed by atoms with Crippen LogP contribution in [0.5, 0.6) is 11.5 Å². The zero-order valence-corrected chi connectivity index (χ0v) is 19.0. The number of rotatable bonds is 9. The molecule has 3 aromatic rings. The van der Waals surface area contributed by atoms with Crippen molar-refractivity contribution >= 4 is 33.7 Å². The number of nitrogen functional groups attached to an aromatic ring is 2. The number of anilines is 3. The molecule has 0 spiro atoms. The molecule has 10 heteroatoms. The summed E-state index contributed by atoms with van der Waals surface area (Å²) in [5, 5.41) is 13.0. The smallest absolute Gasteiger partial charge is 0.315 e. The second-order valence-corrected chi connectivity index (χ2v) is 8.26. The Bertz CT molecular complexity index is 1250. The minimum atomic E-state index is -2.80. The number of thiol groups is 1. The number of ether oxygens (including phenoxy) is 2. The predicted octanol–water partition coefficient (Wildman–Crippen LogP) is 2.80. The monoisotopic (exact) mass is 471 g/mol. The van der Waals surface area contributed by atoms with Crippen LogP contribution < -0.4 is 26.3 Å². The van der Waals surface area contributed by atoms with Crippen LogP contribution in [0.15, 0.2) is 59.5 Å². The van der Waals surface area contributed by atoms with Gasteiger partial charge in [0.05, 0.1) is 18.5 Å². The minimum Gasteiger partial charge on any atom is -0.495 e. The first-order valence-corrected chi connectivity index (χ1v) is 11.1. The van der Waals surface area contributed by atoms with Crippen LogP contribution in [-0.4, -0.2) is 33.3 Å². The van der Waals surface area contributed by atoms with E-state index in [2.05, 4.69) is 5.32 Å². The maximum atomic E-state index is 12.2. The van der Waals surface area contributed by atoms with Crippen molar-refractivity contribution in [1.29, 1.82) is 0 Å². The summed E-state index contributed by atoms with van der Waals surface area (Å²) in [4.78, 5) is 12.3. The number of para-hydroxylation sites is 1. The van der Waals surface area contributed by atoms with Crippen molar-refractivity contribution in [2.45, 2.75) is 17.7 Å². The number of hydrogen-bond acceptors (Lipinski definition) is 8. The van der Waals surface area contributed by atoms with Gasteiger partial charge in [0.2, 0.25) is 0 Å². The summed E-state index contributed by atoms with van der Waals surface area (Å²) in [6.45, 7) is 1.83. The van der Waals surface area contributed by atoms with Crippen molar-refractivity contribution in [2.24, 2.45) is 0 Å². The number of nitrogens with two attached hydrogens (primary N) is 2. The van der Waals surface area contributed by atoms with Crippen LogP contribution in [0.2, 0.25) is 0 Å². The lowest BCUT2D eigenvalue weighted by Gasteiger charge is -2.19. The standard InChI is InChI=1S/C23H25N3O6S/c1-13-7-8-14(21(23(27)28)15-9-16(24)22(25)19(11-15)31-2)10-17(13)26-12-32-18-5-3-4-6-20(18)33(29)30/h3-11,21,26,33H,12,24-25H2,1-2H3,(H,27,28). The Morgan fingerprint density at radius 1 is 1.06 bits per heavy atom. The van der Waals surface area contributed by atoms with Gasteiger partial charge in [-0.2, -0.15) is 0 Å². The first kappa shape index (κ1) is 23.7. The van der Waals surface area contributed by atoms with Crippen LogP contribution in [0.4, 0.5) is 17.1 Å². The molecular weight excluding hydrogens is 446 g/mol. The van der Waals surface area contributed by atoms with Gasteiger partial charge < -0.3 is 31.4 Å². The van der Waals surface area contributed by atoms with Gasteiger partial charge in [-0.15, -0.1) is 0 Å². The Balaban J connectivity index is 1.88. The predicted molar refractivity (Wildman–Crippen MR) is 127 cm³/mol. The first-order chi connectivity index (χ1) is 15.7. The molecule has 0 aliphatic carbocycles. The van der Waals surface area contributed by atoms with Crippen molar-refractivity contribution in [3.63, 3.8) is 0 Å². The van der Waals surface area contributed by atoms with E-state index in [0.717, 1.165) is 5.56 Å². The van der Waals surface area contributed by atoms with E-state index in [1.807, 2.05) is 6.92 Å². The Labute approximate surface area is 192 Å². The molecule has 174 valence electrons. The van der Waals surface area contributed by atoms with Gasteiger partial charge >= 0.3 is 5.97 Å². The largest absolute Gasteiger partial charge is 0.495 e. The van der Waals surface area contributed by atoms with E-state index in [-0.39, 0.29) is 28.8 Å². The highest BCUT2D eigenvalue weighted by atomic mass is 32.2. The Morgan fingerprint density at radius 3 is 2.45 bits per heavy atom. The van der Waals surface area contributed by atoms with E-state index >= 15 is 0 Å². The SMILES string of the molecule is COc1cc(C(C(=O)O)c2ccc(C)c(NCOc3ccccc3[SH](=O)=O)c2)cc(N)c1N. The highest BCUT2D eigenvalue weighted by molar-refractivity contribution is 7.72. The third kappa shape index (κ3) is 5.29. The molecule has 0 saturated heterocycles. The lowest BCUT2D eigenvalue weighted by Crippen LogP contribution is -2.16. The van der Waals surface area contributed by atoms with E-state index in [1.165, 1.54) is 19.2 Å². The Morgan fingerprint density at radius 2 is 1.79 bits per heavy atom. The number of aryl methyl sites for hydroxylation is 1. The second kappa shape index (κ2) is 10.1. The van der Waals surface area contributed by atoms with Crippen molar-refractivity contribution in [2.75, 3.05) is 30.6 Å². The van der Waals surface area contributed by atoms with Crippen molar-refractivity contribution in [3.05, 3.63) is 71.3 Å². The van der Waals surface area contributed by atoms with E-state index in [4.69, 9.17) is 20.9 Å². The van der Waals surface area contributed by atoms with Crippen LogP contribution in [0, 0.1) is 6.92 Å². The summed E-state index contributed by atoms with van der Waals surface area (Å²) < 4.78 is 33.6. The molecule has 0 radical (unpaired) electrons. The summed E-state index contributed by atoms with van der Waals surface area (Å²) >= 11 is 0. The molecule has 0 fully saturated rings. The molecule has 1 atom stereocenters. The van der Waals surface area contributed by atoms with Gasteiger partial charge in [0, 0.05) is 5.69 Å². The molecule has 1 unspecified atom stereocenters. The van der Waals surface area contributed by atoms with Gasteiger partial charge in [0.1, 0.15) is 22.3 Å². The van der Waals surface area contributed by atoms with E-state index in [0.29, 0.717) is 22.6 Å². The van der Waals surface area contributed by atoms with Gasteiger partial charge in [0.15, 0.2) is 17.4 Å². The van der Waals surface area contributed by atoms with Gasteiger partial charge in [-0.1, -0.05) is 24.3 Å². The molecule has 9 nitrogen and oxygen atoms in total. The summed E-state index contributed by atoms with van der Waals surface area (Å²) in [7, 11) is -1.37. The number of nitrogens with one attached hydrogen (secondary N) is 1. The van der Waals surface area contributed by atoms with Gasteiger partial charge in [-0.25, -0.2) is 8.42 Å². The molecule has 0 saturated carbocycles. The van der Waals surface area contributed by atoms with Crippen LogP contribution in [-0.2, 0) is 15.5 Å². The topological polar surface area (TPSA) is 154 Å². The average Bonchev–Trinajstić information content (AvgIpc) is 2.78. The lowest BCUT2D eigenvalue weighted by molar-refractivity contribution is -0.137. The van der Waals surface area contributed by atoms with E-state index in [9.17, 15) is 18.3 Å². The fourth-order valence-corrected chi connectivity index (χ4v) is 3.94. The molecule has 0 aliphatic heterocycles. The molecule has 3 rings (SSSR count).